The molecule has 4 rings (SSSR count). The molecule has 0 saturated carbocycles. The molecule has 0 spiro atoms. The standard InChI is InChI=1S/C18H27N7O2/c1-2-25-16(21-22-18(25)27)11-13-4-8-23(9-5-13)17-19-7-3-15(20-17)24-10-6-14(26)12-24/h3,7,13-14,26H,2,4-6,8-12H2,1H3,(H,22,27)/t14-/m1/s1. The molecule has 0 unspecified atom stereocenters. The summed E-state index contributed by atoms with van der Waals surface area (Å²) < 4.78 is 1.71. The first-order chi connectivity index (χ1) is 13.1. The van der Waals surface area contributed by atoms with Gasteiger partial charge < -0.3 is 14.9 Å². The van der Waals surface area contributed by atoms with Gasteiger partial charge in [-0.15, -0.1) is 0 Å². The van der Waals surface area contributed by atoms with Gasteiger partial charge in [0.15, 0.2) is 0 Å². The fourth-order valence-corrected chi connectivity index (χ4v) is 4.05. The molecule has 9 nitrogen and oxygen atoms in total. The van der Waals surface area contributed by atoms with E-state index in [4.69, 9.17) is 4.98 Å². The number of hydrogen-bond donors (Lipinski definition) is 2. The van der Waals surface area contributed by atoms with E-state index in [1.807, 2.05) is 13.0 Å². The van der Waals surface area contributed by atoms with Crippen molar-refractivity contribution in [2.75, 3.05) is 36.0 Å². The van der Waals surface area contributed by atoms with Crippen molar-refractivity contribution < 1.29 is 5.11 Å². The molecule has 2 aromatic heterocycles. The SMILES string of the molecule is CCn1c(CC2CCN(c3nccc(N4CC[C@@H](O)C4)n3)CC2)n[nH]c1=O. The molecule has 0 amide bonds. The van der Waals surface area contributed by atoms with Crippen LogP contribution in [0, 0.1) is 5.92 Å². The summed E-state index contributed by atoms with van der Waals surface area (Å²) in [6.45, 7) is 5.89. The minimum absolute atomic E-state index is 0.123. The van der Waals surface area contributed by atoms with E-state index >= 15 is 0 Å². The van der Waals surface area contributed by atoms with Crippen molar-refractivity contribution in [3.05, 3.63) is 28.6 Å². The number of hydrogen-bond acceptors (Lipinski definition) is 7. The Hall–Kier alpha value is -2.42. The minimum Gasteiger partial charge on any atom is -0.391 e. The lowest BCUT2D eigenvalue weighted by atomic mass is 9.93. The Morgan fingerprint density at radius 2 is 2.00 bits per heavy atom. The fraction of sp³-hybridized carbons (Fsp3) is 0.667. The van der Waals surface area contributed by atoms with E-state index in [9.17, 15) is 9.90 Å². The lowest BCUT2D eigenvalue weighted by Gasteiger charge is -2.32. The van der Waals surface area contributed by atoms with Gasteiger partial charge in [-0.05, 0) is 38.2 Å². The summed E-state index contributed by atoms with van der Waals surface area (Å²) in [4.78, 5) is 25.2. The van der Waals surface area contributed by atoms with E-state index in [1.165, 1.54) is 0 Å². The van der Waals surface area contributed by atoms with Crippen LogP contribution in [0.25, 0.3) is 0 Å². The summed E-state index contributed by atoms with van der Waals surface area (Å²) in [6, 6.07) is 1.91. The number of aromatic nitrogens is 5. The molecule has 9 heteroatoms. The summed E-state index contributed by atoms with van der Waals surface area (Å²) in [5.74, 6) is 3.02. The number of rotatable bonds is 5. The molecule has 0 aliphatic carbocycles. The van der Waals surface area contributed by atoms with E-state index in [2.05, 4.69) is 25.0 Å². The molecule has 0 bridgehead atoms. The number of aromatic amines is 1. The molecule has 27 heavy (non-hydrogen) atoms. The zero-order chi connectivity index (χ0) is 18.8. The Kier molecular flexibility index (Phi) is 5.11. The van der Waals surface area contributed by atoms with Crippen molar-refractivity contribution >= 4 is 11.8 Å². The average molecular weight is 373 g/mol. The number of H-pyrrole nitrogens is 1. The van der Waals surface area contributed by atoms with Gasteiger partial charge in [-0.2, -0.15) is 10.1 Å². The highest BCUT2D eigenvalue weighted by Crippen LogP contribution is 2.25. The number of piperidine rings is 1. The van der Waals surface area contributed by atoms with Crippen molar-refractivity contribution in [2.45, 2.75) is 45.3 Å². The molecule has 2 aromatic rings. The first-order valence-electron chi connectivity index (χ1n) is 9.79. The molecular weight excluding hydrogens is 346 g/mol. The second kappa shape index (κ2) is 7.67. The van der Waals surface area contributed by atoms with Gasteiger partial charge in [0.1, 0.15) is 11.6 Å². The van der Waals surface area contributed by atoms with Crippen LogP contribution in [-0.2, 0) is 13.0 Å². The Labute approximate surface area is 158 Å². The molecule has 2 N–H and O–H groups in total. The Balaban J connectivity index is 1.37. The second-order valence-electron chi connectivity index (χ2n) is 7.43. The maximum absolute atomic E-state index is 11.7. The van der Waals surface area contributed by atoms with Crippen molar-refractivity contribution in [3.8, 4) is 0 Å². The van der Waals surface area contributed by atoms with Crippen LogP contribution in [0.4, 0.5) is 11.8 Å². The highest BCUT2D eigenvalue weighted by Gasteiger charge is 2.25. The first-order valence-corrected chi connectivity index (χ1v) is 9.79. The fourth-order valence-electron chi connectivity index (χ4n) is 4.05. The van der Waals surface area contributed by atoms with E-state index in [0.29, 0.717) is 19.0 Å². The van der Waals surface area contributed by atoms with Gasteiger partial charge in [0, 0.05) is 45.3 Å². The van der Waals surface area contributed by atoms with Gasteiger partial charge in [-0.1, -0.05) is 0 Å². The van der Waals surface area contributed by atoms with Crippen molar-refractivity contribution in [3.63, 3.8) is 0 Å². The summed E-state index contributed by atoms with van der Waals surface area (Å²) in [5, 5.41) is 16.5. The van der Waals surface area contributed by atoms with Gasteiger partial charge in [-0.3, -0.25) is 4.57 Å². The molecule has 2 saturated heterocycles. The van der Waals surface area contributed by atoms with E-state index in [0.717, 1.165) is 62.9 Å². The normalized spacial score (nSPS) is 21.2. The van der Waals surface area contributed by atoms with Crippen LogP contribution in [0.5, 0.6) is 0 Å². The third-order valence-corrected chi connectivity index (χ3v) is 5.64. The molecule has 0 radical (unpaired) electrons. The number of aliphatic hydroxyl groups excluding tert-OH is 1. The van der Waals surface area contributed by atoms with Crippen molar-refractivity contribution in [1.29, 1.82) is 0 Å². The number of β-amino-alcohol motifs (C(OH)–C–C–N with tert-alkyl or cyclic N) is 1. The van der Waals surface area contributed by atoms with Crippen LogP contribution < -0.4 is 15.5 Å². The van der Waals surface area contributed by atoms with Crippen LogP contribution >= 0.6 is 0 Å². The number of nitrogens with one attached hydrogen (secondary N) is 1. The largest absolute Gasteiger partial charge is 0.391 e. The lowest BCUT2D eigenvalue weighted by molar-refractivity contribution is 0.198. The third kappa shape index (κ3) is 3.83. The molecule has 0 aromatic carbocycles. The number of nitrogens with zero attached hydrogens (tertiary/aromatic N) is 6. The molecule has 4 heterocycles. The van der Waals surface area contributed by atoms with E-state index < -0.39 is 0 Å². The summed E-state index contributed by atoms with van der Waals surface area (Å²) in [7, 11) is 0. The van der Waals surface area contributed by atoms with Crippen molar-refractivity contribution in [1.82, 2.24) is 24.7 Å². The monoisotopic (exact) mass is 373 g/mol. The Morgan fingerprint density at radius 3 is 2.70 bits per heavy atom. The quantitative estimate of drug-likeness (QED) is 0.782. The summed E-state index contributed by atoms with van der Waals surface area (Å²) in [5.41, 5.74) is -0.123. The second-order valence-corrected chi connectivity index (χ2v) is 7.43. The van der Waals surface area contributed by atoms with Crippen LogP contribution in [0.2, 0.25) is 0 Å². The van der Waals surface area contributed by atoms with Gasteiger partial charge >= 0.3 is 5.69 Å². The van der Waals surface area contributed by atoms with Crippen LogP contribution in [0.1, 0.15) is 32.0 Å². The lowest BCUT2D eigenvalue weighted by Crippen LogP contribution is -2.36. The molecule has 2 fully saturated rings. The third-order valence-electron chi connectivity index (χ3n) is 5.64. The van der Waals surface area contributed by atoms with Crippen LogP contribution in [-0.4, -0.2) is 62.1 Å². The first kappa shape index (κ1) is 18.0. The van der Waals surface area contributed by atoms with Gasteiger partial charge in [-0.25, -0.2) is 14.9 Å². The summed E-state index contributed by atoms with van der Waals surface area (Å²) >= 11 is 0. The minimum atomic E-state index is -0.262. The van der Waals surface area contributed by atoms with Crippen LogP contribution in [0.3, 0.4) is 0 Å². The van der Waals surface area contributed by atoms with Crippen LogP contribution in [0.15, 0.2) is 17.1 Å². The average Bonchev–Trinajstić information content (AvgIpc) is 3.28. The van der Waals surface area contributed by atoms with Gasteiger partial charge in [0.2, 0.25) is 5.95 Å². The zero-order valence-corrected chi connectivity index (χ0v) is 15.7. The molecule has 2 aliphatic rings. The Morgan fingerprint density at radius 1 is 1.22 bits per heavy atom. The van der Waals surface area contributed by atoms with Crippen molar-refractivity contribution in [2.24, 2.45) is 5.92 Å². The topological polar surface area (TPSA) is 103 Å². The predicted octanol–water partition coefficient (Wildman–Crippen LogP) is 0.411. The maximum Gasteiger partial charge on any atom is 0.343 e. The van der Waals surface area contributed by atoms with E-state index in [-0.39, 0.29) is 11.8 Å². The summed E-state index contributed by atoms with van der Waals surface area (Å²) in [6.07, 6.45) is 5.22. The maximum atomic E-state index is 11.7. The van der Waals surface area contributed by atoms with E-state index in [1.54, 1.807) is 10.8 Å². The highest BCUT2D eigenvalue weighted by atomic mass is 16.3. The highest BCUT2D eigenvalue weighted by molar-refractivity contribution is 5.45. The molecule has 146 valence electrons. The molecular formula is C18H27N7O2. The molecule has 1 atom stereocenters. The zero-order valence-electron chi connectivity index (χ0n) is 15.7. The Bertz CT molecular complexity index is 825. The number of aliphatic hydroxyl groups is 1. The molecule has 2 aliphatic heterocycles. The van der Waals surface area contributed by atoms with Gasteiger partial charge in [0.25, 0.3) is 0 Å². The van der Waals surface area contributed by atoms with Gasteiger partial charge in [0.05, 0.1) is 6.10 Å². The smallest absolute Gasteiger partial charge is 0.343 e. The number of anilines is 2. The predicted molar refractivity (Wildman–Crippen MR) is 102 cm³/mol.